The third-order valence-electron chi connectivity index (χ3n) is 4.75. The van der Waals surface area contributed by atoms with Gasteiger partial charge in [-0.25, -0.2) is 4.79 Å². The molecule has 4 heteroatoms. The van der Waals surface area contributed by atoms with E-state index in [0.29, 0.717) is 17.7 Å². The Morgan fingerprint density at radius 3 is 2.21 bits per heavy atom. The van der Waals surface area contributed by atoms with Gasteiger partial charge in [0.25, 0.3) is 0 Å². The van der Waals surface area contributed by atoms with Crippen LogP contribution in [0.1, 0.15) is 43.0 Å². The molecule has 0 fully saturated rings. The third kappa shape index (κ3) is 5.55. The van der Waals surface area contributed by atoms with Gasteiger partial charge in [-0.1, -0.05) is 36.4 Å². The molecule has 0 saturated heterocycles. The van der Waals surface area contributed by atoms with Gasteiger partial charge in [0, 0.05) is 5.56 Å². The van der Waals surface area contributed by atoms with Crippen LogP contribution in [0.3, 0.4) is 0 Å². The van der Waals surface area contributed by atoms with Gasteiger partial charge >= 0.3 is 5.97 Å². The van der Waals surface area contributed by atoms with E-state index >= 15 is 0 Å². The van der Waals surface area contributed by atoms with E-state index < -0.39 is 5.97 Å². The second kappa shape index (κ2) is 9.20. The molecule has 0 N–H and O–H groups in total. The Morgan fingerprint density at radius 1 is 0.793 bits per heavy atom. The Morgan fingerprint density at radius 2 is 1.52 bits per heavy atom. The van der Waals surface area contributed by atoms with Crippen LogP contribution in [-0.4, -0.2) is 18.4 Å². The molecule has 0 amide bonds. The molecule has 3 aromatic carbocycles. The number of carbonyl (C=O) groups is 2. The summed E-state index contributed by atoms with van der Waals surface area (Å²) >= 11 is 0. The van der Waals surface area contributed by atoms with E-state index in [-0.39, 0.29) is 12.4 Å². The number of aryl methyl sites for hydroxylation is 3. The molecule has 0 atom stereocenters. The number of carbonyl (C=O) groups excluding carboxylic acids is 2. The van der Waals surface area contributed by atoms with Crippen LogP contribution in [0, 0.1) is 20.8 Å². The normalized spacial score (nSPS) is 10.4. The van der Waals surface area contributed by atoms with Gasteiger partial charge < -0.3 is 9.47 Å². The Labute approximate surface area is 171 Å². The summed E-state index contributed by atoms with van der Waals surface area (Å²) in [7, 11) is 0. The average Bonchev–Trinajstić information content (AvgIpc) is 2.72. The van der Waals surface area contributed by atoms with Crippen molar-refractivity contribution in [2.24, 2.45) is 0 Å². The number of rotatable bonds is 7. The van der Waals surface area contributed by atoms with E-state index in [9.17, 15) is 9.59 Å². The molecule has 29 heavy (non-hydrogen) atoms. The first-order valence-corrected chi connectivity index (χ1v) is 9.48. The summed E-state index contributed by atoms with van der Waals surface area (Å²) in [5, 5.41) is 0. The van der Waals surface area contributed by atoms with E-state index in [1.165, 1.54) is 0 Å². The van der Waals surface area contributed by atoms with Crippen molar-refractivity contribution in [3.63, 3.8) is 0 Å². The lowest BCUT2D eigenvalue weighted by Crippen LogP contribution is -2.14. The molecule has 0 saturated carbocycles. The third-order valence-corrected chi connectivity index (χ3v) is 4.75. The van der Waals surface area contributed by atoms with Gasteiger partial charge in [-0.2, -0.15) is 0 Å². The summed E-state index contributed by atoms with van der Waals surface area (Å²) in [5.74, 6) is 0.0660. The lowest BCUT2D eigenvalue weighted by atomic mass is 10.0. The largest absolute Gasteiger partial charge is 0.489 e. The molecule has 0 bridgehead atoms. The highest BCUT2D eigenvalue weighted by atomic mass is 16.5. The highest BCUT2D eigenvalue weighted by molar-refractivity contribution is 5.99. The molecule has 0 radical (unpaired) electrons. The zero-order valence-electron chi connectivity index (χ0n) is 16.9. The fourth-order valence-corrected chi connectivity index (χ4v) is 2.82. The van der Waals surface area contributed by atoms with Crippen LogP contribution in [0.4, 0.5) is 0 Å². The summed E-state index contributed by atoms with van der Waals surface area (Å²) in [6.07, 6.45) is 0. The highest BCUT2D eigenvalue weighted by Crippen LogP contribution is 2.15. The maximum Gasteiger partial charge on any atom is 0.338 e. The van der Waals surface area contributed by atoms with Crippen molar-refractivity contribution < 1.29 is 19.1 Å². The Bertz CT molecular complexity index is 1020. The van der Waals surface area contributed by atoms with Crippen molar-refractivity contribution in [2.75, 3.05) is 6.61 Å². The molecule has 0 heterocycles. The lowest BCUT2D eigenvalue weighted by molar-refractivity contribution is 0.0474. The smallest absolute Gasteiger partial charge is 0.338 e. The predicted molar refractivity (Wildman–Crippen MR) is 112 cm³/mol. The minimum Gasteiger partial charge on any atom is -0.489 e. The molecular formula is C25H24O4. The van der Waals surface area contributed by atoms with E-state index in [4.69, 9.17) is 9.47 Å². The van der Waals surface area contributed by atoms with E-state index in [1.807, 2.05) is 69.3 Å². The Kier molecular flexibility index (Phi) is 6.45. The average molecular weight is 388 g/mol. The number of esters is 1. The molecule has 0 aliphatic carbocycles. The van der Waals surface area contributed by atoms with Crippen LogP contribution >= 0.6 is 0 Å². The maximum absolute atomic E-state index is 12.2. The van der Waals surface area contributed by atoms with Crippen LogP contribution in [0.2, 0.25) is 0 Å². The standard InChI is InChI=1S/C25H24O4/c1-17-5-4-6-23(13-17)28-15-20-8-11-21(12-9-20)25(27)29-16-24(26)22-10-7-18(2)19(3)14-22/h4-14H,15-16H2,1-3H3. The Hall–Kier alpha value is -3.40. The predicted octanol–water partition coefficient (Wildman–Crippen LogP) is 5.23. The molecule has 0 aliphatic heterocycles. The van der Waals surface area contributed by atoms with E-state index in [0.717, 1.165) is 28.0 Å². The number of benzene rings is 3. The topological polar surface area (TPSA) is 52.6 Å². The summed E-state index contributed by atoms with van der Waals surface area (Å²) in [6.45, 7) is 6.07. The van der Waals surface area contributed by atoms with Crippen molar-refractivity contribution >= 4 is 11.8 Å². The molecule has 0 aliphatic rings. The van der Waals surface area contributed by atoms with Gasteiger partial charge in [0.15, 0.2) is 12.4 Å². The van der Waals surface area contributed by atoms with Gasteiger partial charge in [0.1, 0.15) is 12.4 Å². The zero-order chi connectivity index (χ0) is 20.8. The summed E-state index contributed by atoms with van der Waals surface area (Å²) < 4.78 is 10.9. The van der Waals surface area contributed by atoms with Crippen molar-refractivity contribution in [3.05, 3.63) is 100 Å². The first-order valence-electron chi connectivity index (χ1n) is 9.48. The number of hydrogen-bond donors (Lipinski definition) is 0. The van der Waals surface area contributed by atoms with Crippen LogP contribution < -0.4 is 4.74 Å². The fourth-order valence-electron chi connectivity index (χ4n) is 2.82. The highest BCUT2D eigenvalue weighted by Gasteiger charge is 2.12. The number of Topliss-reactive ketones (excluding diaryl/α,β-unsaturated/α-hetero) is 1. The molecule has 3 rings (SSSR count). The molecule has 0 aromatic heterocycles. The van der Waals surface area contributed by atoms with Gasteiger partial charge in [-0.05, 0) is 73.4 Å². The summed E-state index contributed by atoms with van der Waals surface area (Å²) in [5.41, 5.74) is 5.17. The SMILES string of the molecule is Cc1cccc(OCc2ccc(C(=O)OCC(=O)c3ccc(C)c(C)c3)cc2)c1. The number of ether oxygens (including phenoxy) is 2. The van der Waals surface area contributed by atoms with Gasteiger partial charge in [0.2, 0.25) is 0 Å². The minimum absolute atomic E-state index is 0.218. The van der Waals surface area contributed by atoms with Gasteiger partial charge in [0.05, 0.1) is 5.56 Å². The quantitative estimate of drug-likeness (QED) is 0.411. The van der Waals surface area contributed by atoms with Crippen molar-refractivity contribution in [1.82, 2.24) is 0 Å². The second-order valence-electron chi connectivity index (χ2n) is 7.10. The van der Waals surface area contributed by atoms with Crippen LogP contribution in [0.25, 0.3) is 0 Å². The maximum atomic E-state index is 12.2. The molecule has 0 unspecified atom stereocenters. The molecule has 4 nitrogen and oxygen atoms in total. The second-order valence-corrected chi connectivity index (χ2v) is 7.10. The van der Waals surface area contributed by atoms with Crippen LogP contribution in [0.5, 0.6) is 5.75 Å². The first kappa shape index (κ1) is 20.3. The first-order chi connectivity index (χ1) is 13.9. The van der Waals surface area contributed by atoms with Gasteiger partial charge in [-0.3, -0.25) is 4.79 Å². The van der Waals surface area contributed by atoms with Crippen molar-refractivity contribution in [2.45, 2.75) is 27.4 Å². The molecular weight excluding hydrogens is 364 g/mol. The minimum atomic E-state index is -0.520. The fraction of sp³-hybridized carbons (Fsp3) is 0.200. The molecule has 3 aromatic rings. The lowest BCUT2D eigenvalue weighted by Gasteiger charge is -2.08. The Balaban J connectivity index is 1.53. The van der Waals surface area contributed by atoms with Crippen molar-refractivity contribution in [3.8, 4) is 5.75 Å². The van der Waals surface area contributed by atoms with Crippen molar-refractivity contribution in [1.29, 1.82) is 0 Å². The monoisotopic (exact) mass is 388 g/mol. The van der Waals surface area contributed by atoms with E-state index in [2.05, 4.69) is 0 Å². The zero-order valence-corrected chi connectivity index (χ0v) is 16.9. The molecule has 148 valence electrons. The van der Waals surface area contributed by atoms with Crippen LogP contribution in [0.15, 0.2) is 66.7 Å². The summed E-state index contributed by atoms with van der Waals surface area (Å²) in [6, 6.07) is 20.3. The van der Waals surface area contributed by atoms with Crippen LogP contribution in [-0.2, 0) is 11.3 Å². The van der Waals surface area contributed by atoms with E-state index in [1.54, 1.807) is 18.2 Å². The number of hydrogen-bond acceptors (Lipinski definition) is 4. The number of ketones is 1. The summed E-state index contributed by atoms with van der Waals surface area (Å²) in [4.78, 5) is 24.5. The van der Waals surface area contributed by atoms with Gasteiger partial charge in [-0.15, -0.1) is 0 Å². The molecule has 0 spiro atoms.